The molecule has 1 aliphatic heterocycles. The van der Waals surface area contributed by atoms with Crippen molar-refractivity contribution in [1.82, 2.24) is 19.5 Å². The van der Waals surface area contributed by atoms with Crippen molar-refractivity contribution in [3.63, 3.8) is 0 Å². The number of hydrogen-bond donors (Lipinski definition) is 1. The summed E-state index contributed by atoms with van der Waals surface area (Å²) in [6.07, 6.45) is 5.69. The van der Waals surface area contributed by atoms with Crippen molar-refractivity contribution in [2.24, 2.45) is 0 Å². The predicted molar refractivity (Wildman–Crippen MR) is 117 cm³/mol. The summed E-state index contributed by atoms with van der Waals surface area (Å²) in [4.78, 5) is 12.5. The van der Waals surface area contributed by atoms with Crippen LogP contribution < -0.4 is 10.5 Å². The van der Waals surface area contributed by atoms with Gasteiger partial charge in [-0.25, -0.2) is 18.7 Å². The number of imidazole rings is 1. The Labute approximate surface area is 188 Å². The van der Waals surface area contributed by atoms with Gasteiger partial charge in [-0.3, -0.25) is 4.98 Å². The molecule has 164 valence electrons. The maximum atomic E-state index is 15.2. The summed E-state index contributed by atoms with van der Waals surface area (Å²) in [6.45, 7) is 3.65. The Balaban J connectivity index is 1.89. The molecule has 0 amide bonds. The van der Waals surface area contributed by atoms with E-state index in [0.717, 1.165) is 6.20 Å². The average Bonchev–Trinajstić information content (AvgIpc) is 3.18. The number of nitriles is 1. The highest BCUT2D eigenvalue weighted by atomic mass is 19.1. The van der Waals surface area contributed by atoms with E-state index in [2.05, 4.69) is 21.0 Å². The molecule has 33 heavy (non-hydrogen) atoms. The highest BCUT2D eigenvalue weighted by molar-refractivity contribution is 5.74. The lowest BCUT2D eigenvalue weighted by molar-refractivity contribution is 0.109. The molecule has 3 aromatic heterocycles. The highest BCUT2D eigenvalue weighted by Gasteiger charge is 2.31. The number of hydrogen-bond acceptors (Lipinski definition) is 6. The molecule has 2 bridgehead atoms. The number of ether oxygens (including phenoxy) is 1. The Bertz CT molecular complexity index is 1450. The van der Waals surface area contributed by atoms with E-state index in [1.54, 1.807) is 30.7 Å². The lowest BCUT2D eigenvalue weighted by atomic mass is 9.87. The van der Waals surface area contributed by atoms with Crippen molar-refractivity contribution in [2.75, 3.05) is 5.73 Å². The number of halogens is 2. The van der Waals surface area contributed by atoms with Gasteiger partial charge >= 0.3 is 0 Å². The second-order valence-corrected chi connectivity index (χ2v) is 8.25. The monoisotopic (exact) mass is 444 g/mol. The van der Waals surface area contributed by atoms with Crippen LogP contribution in [0.15, 0.2) is 49.2 Å². The first kappa shape index (κ1) is 20.6. The zero-order chi connectivity index (χ0) is 23.3. The fraction of sp³-hybridized carbons (Fsp3) is 0.167. The fourth-order valence-electron chi connectivity index (χ4n) is 4.20. The fourth-order valence-corrected chi connectivity index (χ4v) is 4.20. The molecule has 0 unspecified atom stereocenters. The summed E-state index contributed by atoms with van der Waals surface area (Å²) in [7, 11) is 0. The molecule has 2 N–H and O–H groups in total. The van der Waals surface area contributed by atoms with Crippen LogP contribution >= 0.6 is 0 Å². The van der Waals surface area contributed by atoms with Crippen LogP contribution in [-0.4, -0.2) is 19.5 Å². The minimum atomic E-state index is -1.11. The molecule has 0 atom stereocenters. The van der Waals surface area contributed by atoms with Crippen LogP contribution in [0.5, 0.6) is 5.75 Å². The minimum absolute atomic E-state index is 0.127. The minimum Gasteiger partial charge on any atom is -0.479 e. The molecule has 9 heteroatoms. The topological polar surface area (TPSA) is 103 Å². The molecule has 0 saturated heterocycles. The second kappa shape index (κ2) is 7.38. The maximum absolute atomic E-state index is 15.2. The van der Waals surface area contributed by atoms with Gasteiger partial charge in [0.25, 0.3) is 0 Å². The van der Waals surface area contributed by atoms with Gasteiger partial charge in [0, 0.05) is 34.6 Å². The Morgan fingerprint density at radius 2 is 1.97 bits per heavy atom. The van der Waals surface area contributed by atoms with E-state index < -0.39 is 17.2 Å². The quantitative estimate of drug-likeness (QED) is 0.431. The number of pyridine rings is 2. The summed E-state index contributed by atoms with van der Waals surface area (Å²) in [5.74, 6) is -0.665. The molecule has 5 rings (SSSR count). The average molecular weight is 444 g/mol. The van der Waals surface area contributed by atoms with Gasteiger partial charge in [-0.15, -0.1) is 0 Å². The van der Waals surface area contributed by atoms with Gasteiger partial charge in [-0.1, -0.05) is 6.07 Å². The first-order chi connectivity index (χ1) is 15.8. The number of aromatic nitrogens is 4. The summed E-state index contributed by atoms with van der Waals surface area (Å²) in [5.41, 5.74) is 7.88. The number of fused-ring (bicyclic) bond motifs is 7. The molecule has 4 heterocycles. The molecule has 4 aromatic rings. The molecule has 0 fully saturated rings. The van der Waals surface area contributed by atoms with E-state index >= 15 is 4.39 Å². The number of benzene rings is 1. The first-order valence-electron chi connectivity index (χ1n) is 10.1. The van der Waals surface area contributed by atoms with Crippen LogP contribution in [0, 0.1) is 23.0 Å². The molecule has 0 aliphatic carbocycles. The summed E-state index contributed by atoms with van der Waals surface area (Å²) >= 11 is 0. The van der Waals surface area contributed by atoms with Crippen molar-refractivity contribution >= 4 is 5.82 Å². The third kappa shape index (κ3) is 3.36. The van der Waals surface area contributed by atoms with Crippen molar-refractivity contribution in [2.45, 2.75) is 26.0 Å². The summed E-state index contributed by atoms with van der Waals surface area (Å²) < 4.78 is 37.6. The lowest BCUT2D eigenvalue weighted by Crippen LogP contribution is -2.27. The molecular formula is C24H18F2N6O. The third-order valence-electron chi connectivity index (χ3n) is 5.68. The number of nitrogens with two attached hydrogens (primary N) is 1. The Morgan fingerprint density at radius 1 is 1.15 bits per heavy atom. The van der Waals surface area contributed by atoms with Crippen molar-refractivity contribution in [1.29, 1.82) is 5.26 Å². The second-order valence-electron chi connectivity index (χ2n) is 8.25. The van der Waals surface area contributed by atoms with Crippen molar-refractivity contribution in [3.05, 3.63) is 77.6 Å². The Hall–Kier alpha value is -4.32. The lowest BCUT2D eigenvalue weighted by Gasteiger charge is -2.31. The van der Waals surface area contributed by atoms with E-state index in [1.165, 1.54) is 30.7 Å². The molecule has 0 saturated carbocycles. The van der Waals surface area contributed by atoms with Crippen LogP contribution in [0.2, 0.25) is 0 Å². The number of rotatable bonds is 0. The molecule has 0 radical (unpaired) electrons. The predicted octanol–water partition coefficient (Wildman–Crippen LogP) is 4.41. The van der Waals surface area contributed by atoms with E-state index in [4.69, 9.17) is 10.5 Å². The number of anilines is 1. The number of nitrogen functional groups attached to an aromatic ring is 1. The van der Waals surface area contributed by atoms with Crippen LogP contribution in [-0.2, 0) is 12.1 Å². The highest BCUT2D eigenvalue weighted by Crippen LogP contribution is 2.41. The molecular weight excluding hydrogens is 426 g/mol. The van der Waals surface area contributed by atoms with E-state index in [0.29, 0.717) is 27.9 Å². The van der Waals surface area contributed by atoms with E-state index in [1.807, 2.05) is 0 Å². The number of nitrogens with zero attached hydrogens (tertiary/aromatic N) is 5. The largest absolute Gasteiger partial charge is 0.479 e. The first-order valence-corrected chi connectivity index (χ1v) is 10.1. The molecule has 0 spiro atoms. The standard InChI is InChI=1S/C24H18F2N6O/c1-24(2)17-6-15(25)3-4-16(17)21-14(8-29-10-18(21)26)11-32-12-31-19(7-27)22(32)13-5-20(33-24)23(28)30-9-13/h3-6,8-10,12H,11H2,1-2H3,(H2,28,30). The zero-order valence-corrected chi connectivity index (χ0v) is 17.8. The normalized spacial score (nSPS) is 13.9. The molecule has 1 aliphatic rings. The molecule has 1 aromatic carbocycles. The van der Waals surface area contributed by atoms with Gasteiger partial charge in [-0.2, -0.15) is 5.26 Å². The van der Waals surface area contributed by atoms with Crippen LogP contribution in [0.25, 0.3) is 22.4 Å². The van der Waals surface area contributed by atoms with Gasteiger partial charge in [0.2, 0.25) is 0 Å². The van der Waals surface area contributed by atoms with Gasteiger partial charge in [0.1, 0.15) is 23.3 Å². The third-order valence-corrected chi connectivity index (χ3v) is 5.68. The van der Waals surface area contributed by atoms with Gasteiger partial charge in [0.05, 0.1) is 24.8 Å². The summed E-state index contributed by atoms with van der Waals surface area (Å²) in [5, 5.41) is 9.63. The zero-order valence-electron chi connectivity index (χ0n) is 17.8. The summed E-state index contributed by atoms with van der Waals surface area (Å²) in [6, 6.07) is 7.88. The van der Waals surface area contributed by atoms with Gasteiger partial charge in [-0.05, 0) is 37.6 Å². The van der Waals surface area contributed by atoms with Crippen LogP contribution in [0.3, 0.4) is 0 Å². The van der Waals surface area contributed by atoms with E-state index in [-0.39, 0.29) is 29.4 Å². The molecule has 7 nitrogen and oxygen atoms in total. The van der Waals surface area contributed by atoms with Crippen LogP contribution in [0.4, 0.5) is 14.6 Å². The Kier molecular flexibility index (Phi) is 4.60. The van der Waals surface area contributed by atoms with Gasteiger partial charge < -0.3 is 15.0 Å². The SMILES string of the molecule is CC1(C)Oc2cc(cnc2N)-c2c(C#N)ncn2Cc2cncc(F)c2-c2ccc(F)cc21. The van der Waals surface area contributed by atoms with Crippen molar-refractivity contribution < 1.29 is 13.5 Å². The van der Waals surface area contributed by atoms with Gasteiger partial charge in [0.15, 0.2) is 17.3 Å². The van der Waals surface area contributed by atoms with E-state index in [9.17, 15) is 9.65 Å². The maximum Gasteiger partial charge on any atom is 0.166 e. The Morgan fingerprint density at radius 3 is 2.76 bits per heavy atom. The van der Waals surface area contributed by atoms with Crippen LogP contribution in [0.1, 0.15) is 30.7 Å². The van der Waals surface area contributed by atoms with Crippen molar-refractivity contribution in [3.8, 4) is 34.2 Å². The smallest absolute Gasteiger partial charge is 0.166 e.